The van der Waals surface area contributed by atoms with Crippen LogP contribution in [0.3, 0.4) is 0 Å². The SMILES string of the molecule is CCCCSc1nc(N)c(C#N)c(COc2cccc(C)c2)n1. The van der Waals surface area contributed by atoms with E-state index in [0.29, 0.717) is 10.9 Å². The van der Waals surface area contributed by atoms with Gasteiger partial charge in [0.05, 0.1) is 0 Å². The molecule has 1 aromatic heterocycles. The third-order valence-corrected chi connectivity index (χ3v) is 4.13. The van der Waals surface area contributed by atoms with E-state index in [0.717, 1.165) is 29.9 Å². The van der Waals surface area contributed by atoms with Gasteiger partial charge in [-0.2, -0.15) is 5.26 Å². The molecular weight excluding hydrogens is 308 g/mol. The van der Waals surface area contributed by atoms with Gasteiger partial charge >= 0.3 is 0 Å². The van der Waals surface area contributed by atoms with Gasteiger partial charge in [0.15, 0.2) is 5.16 Å². The largest absolute Gasteiger partial charge is 0.487 e. The summed E-state index contributed by atoms with van der Waals surface area (Å²) in [5.74, 6) is 1.88. The maximum Gasteiger partial charge on any atom is 0.189 e. The molecule has 0 saturated carbocycles. The van der Waals surface area contributed by atoms with E-state index in [2.05, 4.69) is 23.0 Å². The topological polar surface area (TPSA) is 84.8 Å². The smallest absolute Gasteiger partial charge is 0.189 e. The van der Waals surface area contributed by atoms with Gasteiger partial charge in [-0.15, -0.1) is 0 Å². The minimum absolute atomic E-state index is 0.195. The second-order valence-electron chi connectivity index (χ2n) is 5.13. The molecule has 1 aromatic carbocycles. The van der Waals surface area contributed by atoms with Crippen LogP contribution in [-0.2, 0) is 6.61 Å². The maximum atomic E-state index is 9.27. The molecule has 0 aliphatic rings. The third kappa shape index (κ3) is 4.86. The first-order valence-electron chi connectivity index (χ1n) is 7.52. The second kappa shape index (κ2) is 8.39. The molecule has 2 aromatic rings. The highest BCUT2D eigenvalue weighted by Crippen LogP contribution is 2.22. The fourth-order valence-corrected chi connectivity index (χ4v) is 2.91. The van der Waals surface area contributed by atoms with Gasteiger partial charge in [-0.3, -0.25) is 0 Å². The van der Waals surface area contributed by atoms with Crippen molar-refractivity contribution < 1.29 is 4.74 Å². The molecule has 1 heterocycles. The lowest BCUT2D eigenvalue weighted by molar-refractivity contribution is 0.299. The Morgan fingerprint density at radius 3 is 2.87 bits per heavy atom. The number of nitrogen functional groups attached to an aromatic ring is 1. The Labute approximate surface area is 140 Å². The van der Waals surface area contributed by atoms with Gasteiger partial charge in [-0.05, 0) is 31.0 Å². The molecule has 0 radical (unpaired) electrons. The molecule has 23 heavy (non-hydrogen) atoms. The normalized spacial score (nSPS) is 10.3. The lowest BCUT2D eigenvalue weighted by Crippen LogP contribution is -2.08. The van der Waals surface area contributed by atoms with Crippen molar-refractivity contribution >= 4 is 17.6 Å². The number of nitriles is 1. The first-order chi connectivity index (χ1) is 11.1. The quantitative estimate of drug-likeness (QED) is 0.474. The van der Waals surface area contributed by atoms with Crippen LogP contribution in [0.2, 0.25) is 0 Å². The van der Waals surface area contributed by atoms with E-state index in [9.17, 15) is 5.26 Å². The molecule has 6 heteroatoms. The summed E-state index contributed by atoms with van der Waals surface area (Å²) in [5, 5.41) is 9.87. The molecule has 2 N–H and O–H groups in total. The summed E-state index contributed by atoms with van der Waals surface area (Å²) in [5.41, 5.74) is 7.82. The minimum Gasteiger partial charge on any atom is -0.487 e. The van der Waals surface area contributed by atoms with Crippen LogP contribution < -0.4 is 10.5 Å². The van der Waals surface area contributed by atoms with Gasteiger partial charge in [0.1, 0.15) is 35.5 Å². The van der Waals surface area contributed by atoms with Crippen molar-refractivity contribution in [1.82, 2.24) is 9.97 Å². The van der Waals surface area contributed by atoms with E-state index >= 15 is 0 Å². The minimum atomic E-state index is 0.195. The van der Waals surface area contributed by atoms with E-state index in [1.54, 1.807) is 11.8 Å². The zero-order valence-corrected chi connectivity index (χ0v) is 14.2. The van der Waals surface area contributed by atoms with Crippen molar-refractivity contribution in [3.05, 3.63) is 41.1 Å². The first-order valence-corrected chi connectivity index (χ1v) is 8.51. The maximum absolute atomic E-state index is 9.27. The summed E-state index contributed by atoms with van der Waals surface area (Å²) in [6.45, 7) is 4.33. The summed E-state index contributed by atoms with van der Waals surface area (Å²) >= 11 is 1.55. The third-order valence-electron chi connectivity index (χ3n) is 3.20. The van der Waals surface area contributed by atoms with Crippen LogP contribution in [-0.4, -0.2) is 15.7 Å². The molecule has 120 valence electrons. The Bertz CT molecular complexity index is 712. The number of nitrogens with zero attached hydrogens (tertiary/aromatic N) is 3. The van der Waals surface area contributed by atoms with Gasteiger partial charge < -0.3 is 10.5 Å². The average Bonchev–Trinajstić information content (AvgIpc) is 2.53. The van der Waals surface area contributed by atoms with E-state index < -0.39 is 0 Å². The number of hydrogen-bond acceptors (Lipinski definition) is 6. The molecule has 0 bridgehead atoms. The number of thioether (sulfide) groups is 1. The highest BCUT2D eigenvalue weighted by molar-refractivity contribution is 7.99. The summed E-state index contributed by atoms with van der Waals surface area (Å²) in [4.78, 5) is 8.64. The first kappa shape index (κ1) is 17.1. The predicted molar refractivity (Wildman–Crippen MR) is 92.3 cm³/mol. The number of anilines is 1. The van der Waals surface area contributed by atoms with Crippen LogP contribution >= 0.6 is 11.8 Å². The summed E-state index contributed by atoms with van der Waals surface area (Å²) in [6.07, 6.45) is 2.20. The molecule has 0 amide bonds. The van der Waals surface area contributed by atoms with Crippen LogP contribution in [0.1, 0.15) is 36.6 Å². The molecule has 0 aliphatic carbocycles. The van der Waals surface area contributed by atoms with Crippen LogP contribution in [0.5, 0.6) is 5.75 Å². The van der Waals surface area contributed by atoms with E-state index in [1.165, 1.54) is 0 Å². The highest BCUT2D eigenvalue weighted by atomic mass is 32.2. The van der Waals surface area contributed by atoms with Crippen LogP contribution in [0.15, 0.2) is 29.4 Å². The predicted octanol–water partition coefficient (Wildman–Crippen LogP) is 3.71. The standard InChI is InChI=1S/C17H20N4OS/c1-3-4-8-23-17-20-15(14(10-18)16(19)21-17)11-22-13-7-5-6-12(2)9-13/h5-7,9H,3-4,8,11H2,1-2H3,(H2,19,20,21). The van der Waals surface area contributed by atoms with Crippen LogP contribution in [0.4, 0.5) is 5.82 Å². The zero-order chi connectivity index (χ0) is 16.7. The Hall–Kier alpha value is -2.26. The van der Waals surface area contributed by atoms with Crippen molar-refractivity contribution in [2.24, 2.45) is 0 Å². The number of aromatic nitrogens is 2. The molecule has 0 saturated heterocycles. The molecule has 0 aliphatic heterocycles. The molecule has 0 fully saturated rings. The molecule has 5 nitrogen and oxygen atoms in total. The number of aryl methyl sites for hydroxylation is 1. The molecule has 0 unspecified atom stereocenters. The van der Waals surface area contributed by atoms with Gasteiger partial charge in [0.2, 0.25) is 0 Å². The van der Waals surface area contributed by atoms with Crippen molar-refractivity contribution in [3.8, 4) is 11.8 Å². The van der Waals surface area contributed by atoms with Crippen LogP contribution in [0.25, 0.3) is 0 Å². The summed E-state index contributed by atoms with van der Waals surface area (Å²) in [7, 11) is 0. The number of benzene rings is 1. The molecular formula is C17H20N4OS. The lowest BCUT2D eigenvalue weighted by atomic mass is 10.2. The fourth-order valence-electron chi connectivity index (χ4n) is 1.96. The molecule has 0 spiro atoms. The number of hydrogen-bond donors (Lipinski definition) is 1. The molecule has 0 atom stereocenters. The zero-order valence-electron chi connectivity index (χ0n) is 13.4. The summed E-state index contributed by atoms with van der Waals surface area (Å²) < 4.78 is 5.74. The van der Waals surface area contributed by atoms with Gasteiger partial charge in [0.25, 0.3) is 0 Å². The summed E-state index contributed by atoms with van der Waals surface area (Å²) in [6, 6.07) is 9.81. The molecule has 2 rings (SSSR count). The fraction of sp³-hybridized carbons (Fsp3) is 0.353. The number of nitrogens with two attached hydrogens (primary N) is 1. The number of unbranched alkanes of at least 4 members (excludes halogenated alkanes) is 1. The van der Waals surface area contributed by atoms with Gasteiger partial charge in [-0.1, -0.05) is 37.2 Å². The van der Waals surface area contributed by atoms with E-state index in [1.807, 2.05) is 31.2 Å². The van der Waals surface area contributed by atoms with Crippen molar-refractivity contribution in [3.63, 3.8) is 0 Å². The highest BCUT2D eigenvalue weighted by Gasteiger charge is 2.13. The monoisotopic (exact) mass is 328 g/mol. The van der Waals surface area contributed by atoms with Crippen molar-refractivity contribution in [2.75, 3.05) is 11.5 Å². The Morgan fingerprint density at radius 1 is 1.35 bits per heavy atom. The number of rotatable bonds is 7. The lowest BCUT2D eigenvalue weighted by Gasteiger charge is -2.10. The second-order valence-corrected chi connectivity index (χ2v) is 6.19. The average molecular weight is 328 g/mol. The van der Waals surface area contributed by atoms with E-state index in [-0.39, 0.29) is 18.0 Å². The Kier molecular flexibility index (Phi) is 6.24. The number of ether oxygens (including phenoxy) is 1. The van der Waals surface area contributed by atoms with Crippen LogP contribution in [0, 0.1) is 18.3 Å². The van der Waals surface area contributed by atoms with Gasteiger partial charge in [0, 0.05) is 5.75 Å². The van der Waals surface area contributed by atoms with Crippen molar-refractivity contribution in [2.45, 2.75) is 38.5 Å². The van der Waals surface area contributed by atoms with Crippen molar-refractivity contribution in [1.29, 1.82) is 5.26 Å². The van der Waals surface area contributed by atoms with E-state index in [4.69, 9.17) is 10.5 Å². The van der Waals surface area contributed by atoms with Gasteiger partial charge in [-0.25, -0.2) is 9.97 Å². The Balaban J connectivity index is 2.16. The Morgan fingerprint density at radius 2 is 2.17 bits per heavy atom.